The summed E-state index contributed by atoms with van der Waals surface area (Å²) in [7, 11) is 1.33. The van der Waals surface area contributed by atoms with Gasteiger partial charge in [0.25, 0.3) is 0 Å². The maximum atomic E-state index is 12.1. The van der Waals surface area contributed by atoms with E-state index in [0.717, 1.165) is 18.4 Å². The SMILES string of the molecule is CCc1ccc(C(=O)OC)cc1NC(=O)CC1OCCCO1. The molecule has 120 valence electrons. The first-order chi connectivity index (χ1) is 10.6. The molecule has 0 unspecified atom stereocenters. The fourth-order valence-corrected chi connectivity index (χ4v) is 2.25. The highest BCUT2D eigenvalue weighted by Gasteiger charge is 2.19. The second kappa shape index (κ2) is 7.91. The van der Waals surface area contributed by atoms with Crippen LogP contribution >= 0.6 is 0 Å². The smallest absolute Gasteiger partial charge is 0.337 e. The first-order valence-electron chi connectivity index (χ1n) is 7.38. The molecule has 0 aromatic heterocycles. The summed E-state index contributed by atoms with van der Waals surface area (Å²) < 4.78 is 15.4. The van der Waals surface area contributed by atoms with E-state index in [4.69, 9.17) is 14.2 Å². The van der Waals surface area contributed by atoms with Crippen LogP contribution in [0.25, 0.3) is 0 Å². The van der Waals surface area contributed by atoms with Crippen LogP contribution in [0.3, 0.4) is 0 Å². The Kier molecular flexibility index (Phi) is 5.91. The highest BCUT2D eigenvalue weighted by Crippen LogP contribution is 2.20. The number of amides is 1. The lowest BCUT2D eigenvalue weighted by atomic mass is 10.1. The van der Waals surface area contributed by atoms with Gasteiger partial charge >= 0.3 is 5.97 Å². The van der Waals surface area contributed by atoms with Crippen molar-refractivity contribution >= 4 is 17.6 Å². The third-order valence-corrected chi connectivity index (χ3v) is 3.43. The molecule has 1 aliphatic heterocycles. The molecule has 1 aliphatic rings. The van der Waals surface area contributed by atoms with Crippen molar-refractivity contribution in [1.82, 2.24) is 0 Å². The number of hydrogen-bond acceptors (Lipinski definition) is 5. The van der Waals surface area contributed by atoms with Crippen LogP contribution in [0.15, 0.2) is 18.2 Å². The van der Waals surface area contributed by atoms with Crippen molar-refractivity contribution in [3.8, 4) is 0 Å². The molecule has 1 aromatic rings. The Morgan fingerprint density at radius 1 is 1.32 bits per heavy atom. The van der Waals surface area contributed by atoms with Gasteiger partial charge in [0.2, 0.25) is 5.91 Å². The molecular formula is C16H21NO5. The van der Waals surface area contributed by atoms with Crippen LogP contribution in [0.4, 0.5) is 5.69 Å². The summed E-state index contributed by atoms with van der Waals surface area (Å²) in [5, 5.41) is 2.82. The highest BCUT2D eigenvalue weighted by molar-refractivity contribution is 5.95. The highest BCUT2D eigenvalue weighted by atomic mass is 16.7. The predicted molar refractivity (Wildman–Crippen MR) is 80.7 cm³/mol. The van der Waals surface area contributed by atoms with E-state index in [1.54, 1.807) is 12.1 Å². The molecule has 1 saturated heterocycles. The summed E-state index contributed by atoms with van der Waals surface area (Å²) >= 11 is 0. The number of nitrogens with one attached hydrogen (secondary N) is 1. The third-order valence-electron chi connectivity index (χ3n) is 3.43. The quantitative estimate of drug-likeness (QED) is 0.844. The van der Waals surface area contributed by atoms with E-state index in [9.17, 15) is 9.59 Å². The van der Waals surface area contributed by atoms with Gasteiger partial charge in [-0.3, -0.25) is 4.79 Å². The first kappa shape index (κ1) is 16.5. The van der Waals surface area contributed by atoms with Crippen LogP contribution in [0, 0.1) is 0 Å². The molecule has 1 N–H and O–H groups in total. The number of anilines is 1. The molecule has 0 atom stereocenters. The Labute approximate surface area is 129 Å². The maximum Gasteiger partial charge on any atom is 0.337 e. The zero-order chi connectivity index (χ0) is 15.9. The third kappa shape index (κ3) is 4.29. The number of benzene rings is 1. The van der Waals surface area contributed by atoms with Gasteiger partial charge in [0, 0.05) is 5.69 Å². The predicted octanol–water partition coefficient (Wildman–Crippen LogP) is 2.13. The van der Waals surface area contributed by atoms with Crippen molar-refractivity contribution in [1.29, 1.82) is 0 Å². The molecule has 0 bridgehead atoms. The Morgan fingerprint density at radius 3 is 2.68 bits per heavy atom. The van der Waals surface area contributed by atoms with Gasteiger partial charge in [-0.05, 0) is 30.5 Å². The van der Waals surface area contributed by atoms with Crippen molar-refractivity contribution in [2.45, 2.75) is 32.5 Å². The lowest BCUT2D eigenvalue weighted by Crippen LogP contribution is -2.29. The Balaban J connectivity index is 2.05. The number of hydrogen-bond donors (Lipinski definition) is 1. The average molecular weight is 307 g/mol. The summed E-state index contributed by atoms with van der Waals surface area (Å²) in [6.45, 7) is 3.20. The number of ether oxygens (including phenoxy) is 3. The topological polar surface area (TPSA) is 73.9 Å². The van der Waals surface area contributed by atoms with Gasteiger partial charge in [0.05, 0.1) is 32.3 Å². The molecule has 0 spiro atoms. The largest absolute Gasteiger partial charge is 0.465 e. The van der Waals surface area contributed by atoms with Gasteiger partial charge in [-0.2, -0.15) is 0 Å². The fourth-order valence-electron chi connectivity index (χ4n) is 2.25. The van der Waals surface area contributed by atoms with E-state index in [1.165, 1.54) is 7.11 Å². The fraction of sp³-hybridized carbons (Fsp3) is 0.500. The lowest BCUT2D eigenvalue weighted by molar-refractivity contribution is -0.182. The van der Waals surface area contributed by atoms with Gasteiger partial charge in [0.1, 0.15) is 0 Å². The Hall–Kier alpha value is -1.92. The summed E-state index contributed by atoms with van der Waals surface area (Å²) in [5.41, 5.74) is 1.97. The van der Waals surface area contributed by atoms with E-state index >= 15 is 0 Å². The number of methoxy groups -OCH3 is 1. The molecular weight excluding hydrogens is 286 g/mol. The van der Waals surface area contributed by atoms with Gasteiger partial charge in [-0.15, -0.1) is 0 Å². The summed E-state index contributed by atoms with van der Waals surface area (Å²) in [6, 6.07) is 5.13. The van der Waals surface area contributed by atoms with E-state index < -0.39 is 12.3 Å². The van der Waals surface area contributed by atoms with Gasteiger partial charge in [-0.25, -0.2) is 4.79 Å². The molecule has 2 rings (SSSR count). The van der Waals surface area contributed by atoms with Crippen LogP contribution in [0.1, 0.15) is 35.7 Å². The van der Waals surface area contributed by atoms with Crippen LogP contribution in [0.5, 0.6) is 0 Å². The van der Waals surface area contributed by atoms with Crippen molar-refractivity contribution in [2.75, 3.05) is 25.6 Å². The molecule has 6 nitrogen and oxygen atoms in total. The Morgan fingerprint density at radius 2 is 2.05 bits per heavy atom. The molecule has 0 radical (unpaired) electrons. The van der Waals surface area contributed by atoms with Crippen molar-refractivity contribution in [2.24, 2.45) is 0 Å². The minimum Gasteiger partial charge on any atom is -0.465 e. The zero-order valence-corrected chi connectivity index (χ0v) is 12.9. The second-order valence-corrected chi connectivity index (χ2v) is 4.99. The average Bonchev–Trinajstić information content (AvgIpc) is 2.54. The minimum absolute atomic E-state index is 0.131. The molecule has 0 aliphatic carbocycles. The second-order valence-electron chi connectivity index (χ2n) is 4.99. The van der Waals surface area contributed by atoms with Crippen LogP contribution in [-0.4, -0.2) is 38.5 Å². The summed E-state index contributed by atoms with van der Waals surface area (Å²) in [4.78, 5) is 23.7. The van der Waals surface area contributed by atoms with Gasteiger partial charge in [-0.1, -0.05) is 13.0 Å². The van der Waals surface area contributed by atoms with Crippen molar-refractivity contribution in [3.05, 3.63) is 29.3 Å². The van der Waals surface area contributed by atoms with E-state index in [0.29, 0.717) is 24.5 Å². The number of aryl methyl sites for hydroxylation is 1. The van der Waals surface area contributed by atoms with E-state index in [2.05, 4.69) is 5.32 Å². The van der Waals surface area contributed by atoms with Crippen LogP contribution < -0.4 is 5.32 Å². The summed E-state index contributed by atoms with van der Waals surface area (Å²) in [6.07, 6.45) is 1.22. The number of rotatable bonds is 5. The molecule has 0 saturated carbocycles. The van der Waals surface area contributed by atoms with Crippen LogP contribution in [-0.2, 0) is 25.4 Å². The minimum atomic E-state index is -0.498. The molecule has 1 aromatic carbocycles. The van der Waals surface area contributed by atoms with Gasteiger partial charge in [0.15, 0.2) is 6.29 Å². The van der Waals surface area contributed by atoms with Crippen molar-refractivity contribution in [3.63, 3.8) is 0 Å². The zero-order valence-electron chi connectivity index (χ0n) is 12.9. The molecule has 1 heterocycles. The van der Waals surface area contributed by atoms with E-state index in [1.807, 2.05) is 13.0 Å². The van der Waals surface area contributed by atoms with Crippen molar-refractivity contribution < 1.29 is 23.8 Å². The molecule has 6 heteroatoms. The number of esters is 1. The number of carbonyl (C=O) groups excluding carboxylic acids is 2. The summed E-state index contributed by atoms with van der Waals surface area (Å²) in [5.74, 6) is -0.638. The lowest BCUT2D eigenvalue weighted by Gasteiger charge is -2.22. The number of carbonyl (C=O) groups is 2. The van der Waals surface area contributed by atoms with E-state index in [-0.39, 0.29) is 12.3 Å². The Bertz CT molecular complexity index is 537. The maximum absolute atomic E-state index is 12.1. The van der Waals surface area contributed by atoms with Gasteiger partial charge < -0.3 is 19.5 Å². The molecule has 1 fully saturated rings. The molecule has 22 heavy (non-hydrogen) atoms. The normalized spacial score (nSPS) is 15.4. The first-order valence-corrected chi connectivity index (χ1v) is 7.38. The molecule has 1 amide bonds. The van der Waals surface area contributed by atoms with Crippen LogP contribution in [0.2, 0.25) is 0 Å². The monoisotopic (exact) mass is 307 g/mol. The standard InChI is InChI=1S/C16H21NO5/c1-3-11-5-6-12(16(19)20-2)9-13(11)17-14(18)10-15-21-7-4-8-22-15/h5-6,9,15H,3-4,7-8,10H2,1-2H3,(H,17,18).